The minimum atomic E-state index is -0.137. The van der Waals surface area contributed by atoms with Crippen molar-refractivity contribution in [2.75, 3.05) is 6.54 Å². The molecule has 0 spiro atoms. The smallest absolute Gasteiger partial charge is 0.0458 e. The minimum Gasteiger partial charge on any atom is -0.361 e. The van der Waals surface area contributed by atoms with Crippen molar-refractivity contribution in [3.63, 3.8) is 0 Å². The van der Waals surface area contributed by atoms with Crippen LogP contribution in [0.4, 0.5) is 0 Å². The molecule has 1 aromatic carbocycles. The van der Waals surface area contributed by atoms with Crippen LogP contribution in [-0.4, -0.2) is 11.5 Å². The number of aromatic nitrogens is 1. The number of halogens is 1. The van der Waals surface area contributed by atoms with Crippen LogP contribution in [0.3, 0.4) is 0 Å². The molecule has 0 amide bonds. The Labute approximate surface area is 87.0 Å². The SMILES string of the molecule is NCC(N)c1c[nH]c2ccc(Cl)cc12. The Balaban J connectivity index is 2.61. The number of hydrogen-bond acceptors (Lipinski definition) is 2. The second-order valence-electron chi connectivity index (χ2n) is 3.28. The molecular formula is C10H12ClN3. The van der Waals surface area contributed by atoms with Crippen LogP contribution >= 0.6 is 11.6 Å². The highest BCUT2D eigenvalue weighted by Gasteiger charge is 2.09. The van der Waals surface area contributed by atoms with Crippen LogP contribution in [0.1, 0.15) is 11.6 Å². The van der Waals surface area contributed by atoms with Gasteiger partial charge in [0.1, 0.15) is 0 Å². The fourth-order valence-electron chi connectivity index (χ4n) is 1.55. The fraction of sp³-hybridized carbons (Fsp3) is 0.200. The fourth-order valence-corrected chi connectivity index (χ4v) is 1.72. The average Bonchev–Trinajstić information content (AvgIpc) is 2.59. The quantitative estimate of drug-likeness (QED) is 0.706. The third kappa shape index (κ3) is 1.50. The van der Waals surface area contributed by atoms with E-state index in [2.05, 4.69) is 4.98 Å². The maximum absolute atomic E-state index is 5.91. The van der Waals surface area contributed by atoms with Gasteiger partial charge in [-0.15, -0.1) is 0 Å². The highest BCUT2D eigenvalue weighted by Crippen LogP contribution is 2.25. The summed E-state index contributed by atoms with van der Waals surface area (Å²) >= 11 is 5.91. The van der Waals surface area contributed by atoms with Gasteiger partial charge in [0.2, 0.25) is 0 Å². The van der Waals surface area contributed by atoms with Crippen molar-refractivity contribution in [2.24, 2.45) is 11.5 Å². The van der Waals surface area contributed by atoms with E-state index in [0.717, 1.165) is 16.5 Å². The molecule has 0 radical (unpaired) electrons. The number of H-pyrrole nitrogens is 1. The standard InChI is InChI=1S/C10H12ClN3/c11-6-1-2-10-7(3-6)8(5-14-10)9(13)4-12/h1-3,5,9,14H,4,12-13H2. The minimum absolute atomic E-state index is 0.137. The van der Waals surface area contributed by atoms with Crippen molar-refractivity contribution in [2.45, 2.75) is 6.04 Å². The molecule has 5 N–H and O–H groups in total. The first kappa shape index (κ1) is 9.52. The highest BCUT2D eigenvalue weighted by atomic mass is 35.5. The van der Waals surface area contributed by atoms with Crippen LogP contribution < -0.4 is 11.5 Å². The third-order valence-electron chi connectivity index (χ3n) is 2.33. The summed E-state index contributed by atoms with van der Waals surface area (Å²) in [6.45, 7) is 0.430. The van der Waals surface area contributed by atoms with E-state index in [4.69, 9.17) is 23.1 Å². The second kappa shape index (κ2) is 3.61. The van der Waals surface area contributed by atoms with Gasteiger partial charge in [0, 0.05) is 34.7 Å². The monoisotopic (exact) mass is 209 g/mol. The Hall–Kier alpha value is -1.03. The topological polar surface area (TPSA) is 67.8 Å². The van der Waals surface area contributed by atoms with Gasteiger partial charge >= 0.3 is 0 Å². The Morgan fingerprint density at radius 1 is 1.43 bits per heavy atom. The molecule has 14 heavy (non-hydrogen) atoms. The molecule has 1 unspecified atom stereocenters. The molecule has 74 valence electrons. The van der Waals surface area contributed by atoms with E-state index in [1.807, 2.05) is 24.4 Å². The van der Waals surface area contributed by atoms with E-state index >= 15 is 0 Å². The van der Waals surface area contributed by atoms with Gasteiger partial charge in [-0.1, -0.05) is 11.6 Å². The van der Waals surface area contributed by atoms with Crippen LogP contribution in [0.5, 0.6) is 0 Å². The van der Waals surface area contributed by atoms with E-state index in [1.165, 1.54) is 0 Å². The molecule has 3 nitrogen and oxygen atoms in total. The molecule has 1 atom stereocenters. The van der Waals surface area contributed by atoms with Gasteiger partial charge in [0.05, 0.1) is 0 Å². The molecule has 2 aromatic rings. The van der Waals surface area contributed by atoms with Gasteiger partial charge in [-0.2, -0.15) is 0 Å². The Bertz CT molecular complexity index is 450. The lowest BCUT2D eigenvalue weighted by Gasteiger charge is -2.06. The Kier molecular flexibility index (Phi) is 2.46. The molecule has 2 rings (SSSR count). The van der Waals surface area contributed by atoms with Crippen molar-refractivity contribution >= 4 is 22.5 Å². The van der Waals surface area contributed by atoms with Crippen LogP contribution in [0.2, 0.25) is 5.02 Å². The summed E-state index contributed by atoms with van der Waals surface area (Å²) in [5.74, 6) is 0. The Morgan fingerprint density at radius 2 is 2.21 bits per heavy atom. The van der Waals surface area contributed by atoms with Crippen LogP contribution in [0.25, 0.3) is 10.9 Å². The van der Waals surface area contributed by atoms with Gasteiger partial charge in [-0.25, -0.2) is 0 Å². The zero-order valence-corrected chi connectivity index (χ0v) is 8.38. The first-order valence-electron chi connectivity index (χ1n) is 4.44. The maximum Gasteiger partial charge on any atom is 0.0458 e. The van der Waals surface area contributed by atoms with Gasteiger partial charge in [0.15, 0.2) is 0 Å². The van der Waals surface area contributed by atoms with E-state index in [-0.39, 0.29) is 6.04 Å². The molecule has 0 aliphatic carbocycles. The van der Waals surface area contributed by atoms with E-state index in [0.29, 0.717) is 11.6 Å². The maximum atomic E-state index is 5.91. The molecule has 1 aromatic heterocycles. The summed E-state index contributed by atoms with van der Waals surface area (Å²) in [5, 5.41) is 1.76. The summed E-state index contributed by atoms with van der Waals surface area (Å²) < 4.78 is 0. The van der Waals surface area contributed by atoms with Crippen LogP contribution in [0, 0.1) is 0 Å². The van der Waals surface area contributed by atoms with Crippen molar-refractivity contribution in [3.05, 3.63) is 35.0 Å². The lowest BCUT2D eigenvalue weighted by atomic mass is 10.1. The van der Waals surface area contributed by atoms with E-state index in [9.17, 15) is 0 Å². The summed E-state index contributed by atoms with van der Waals surface area (Å²) in [4.78, 5) is 3.14. The van der Waals surface area contributed by atoms with Gasteiger partial charge < -0.3 is 16.5 Å². The predicted molar refractivity (Wildman–Crippen MR) is 59.3 cm³/mol. The first-order valence-corrected chi connectivity index (χ1v) is 4.82. The molecule has 0 saturated carbocycles. The first-order chi connectivity index (χ1) is 6.72. The molecule has 0 fully saturated rings. The number of benzene rings is 1. The lowest BCUT2D eigenvalue weighted by molar-refractivity contribution is 0.743. The second-order valence-corrected chi connectivity index (χ2v) is 3.71. The van der Waals surface area contributed by atoms with Crippen LogP contribution in [0.15, 0.2) is 24.4 Å². The molecule has 0 bridgehead atoms. The van der Waals surface area contributed by atoms with E-state index < -0.39 is 0 Å². The molecule has 0 aliphatic rings. The summed E-state index contributed by atoms with van der Waals surface area (Å²) in [7, 11) is 0. The van der Waals surface area contributed by atoms with Crippen molar-refractivity contribution in [1.82, 2.24) is 4.98 Å². The Morgan fingerprint density at radius 3 is 2.93 bits per heavy atom. The molecular weight excluding hydrogens is 198 g/mol. The third-order valence-corrected chi connectivity index (χ3v) is 2.56. The number of hydrogen-bond donors (Lipinski definition) is 3. The largest absolute Gasteiger partial charge is 0.361 e. The molecule has 1 heterocycles. The van der Waals surface area contributed by atoms with Crippen molar-refractivity contribution in [1.29, 1.82) is 0 Å². The van der Waals surface area contributed by atoms with Gasteiger partial charge in [-0.05, 0) is 23.8 Å². The number of rotatable bonds is 2. The highest BCUT2D eigenvalue weighted by molar-refractivity contribution is 6.31. The lowest BCUT2D eigenvalue weighted by Crippen LogP contribution is -2.20. The average molecular weight is 210 g/mol. The molecule has 4 heteroatoms. The van der Waals surface area contributed by atoms with Crippen molar-refractivity contribution in [3.8, 4) is 0 Å². The van der Waals surface area contributed by atoms with Gasteiger partial charge in [-0.3, -0.25) is 0 Å². The number of nitrogens with two attached hydrogens (primary N) is 2. The van der Waals surface area contributed by atoms with E-state index in [1.54, 1.807) is 0 Å². The predicted octanol–water partition coefficient (Wildman–Crippen LogP) is 1.78. The zero-order chi connectivity index (χ0) is 10.1. The van der Waals surface area contributed by atoms with Crippen LogP contribution in [-0.2, 0) is 0 Å². The normalized spacial score (nSPS) is 13.4. The van der Waals surface area contributed by atoms with Gasteiger partial charge in [0.25, 0.3) is 0 Å². The number of aromatic amines is 1. The number of fused-ring (bicyclic) bond motifs is 1. The molecule has 0 aliphatic heterocycles. The summed E-state index contributed by atoms with van der Waals surface area (Å²) in [6, 6.07) is 5.54. The van der Waals surface area contributed by atoms with Crippen molar-refractivity contribution < 1.29 is 0 Å². The summed E-state index contributed by atoms with van der Waals surface area (Å²) in [5.41, 5.74) is 13.4. The summed E-state index contributed by atoms with van der Waals surface area (Å²) in [6.07, 6.45) is 1.89. The zero-order valence-electron chi connectivity index (χ0n) is 7.63. The number of nitrogens with one attached hydrogen (secondary N) is 1. The molecule has 0 saturated heterocycles.